The second-order valence-corrected chi connectivity index (χ2v) is 8.72. The first kappa shape index (κ1) is 22.2. The summed E-state index contributed by atoms with van der Waals surface area (Å²) >= 11 is 0. The minimum absolute atomic E-state index is 0.0779. The van der Waals surface area contributed by atoms with E-state index in [-0.39, 0.29) is 21.7 Å². The summed E-state index contributed by atoms with van der Waals surface area (Å²) in [5.74, 6) is 5.25. The summed E-state index contributed by atoms with van der Waals surface area (Å²) in [6.45, 7) is 4.09. The second kappa shape index (κ2) is 8.85. The molecule has 9 nitrogen and oxygen atoms in total. The summed E-state index contributed by atoms with van der Waals surface area (Å²) in [5.41, 5.74) is 4.89. The molecule has 3 N–H and O–H groups in total. The van der Waals surface area contributed by atoms with Crippen molar-refractivity contribution in [1.29, 1.82) is 0 Å². The number of pyridine rings is 1. The van der Waals surface area contributed by atoms with Gasteiger partial charge in [0.05, 0.1) is 11.9 Å². The van der Waals surface area contributed by atoms with Crippen LogP contribution in [0.5, 0.6) is 0 Å². The van der Waals surface area contributed by atoms with Crippen molar-refractivity contribution in [2.45, 2.75) is 18.7 Å². The Morgan fingerprint density at radius 1 is 0.909 bits per heavy atom. The van der Waals surface area contributed by atoms with Crippen LogP contribution < -0.4 is 5.84 Å². The second-order valence-electron chi connectivity index (χ2n) is 7.33. The van der Waals surface area contributed by atoms with Gasteiger partial charge in [-0.3, -0.25) is 9.54 Å². The predicted octanol–water partition coefficient (Wildman–Crippen LogP) is 6.14. The fraction of sp³-hybridized carbons (Fsp3) is 0.0870. The molecule has 0 saturated carbocycles. The van der Waals surface area contributed by atoms with Gasteiger partial charge in [-0.05, 0) is 43.2 Å². The molecule has 3 aromatic carbocycles. The fourth-order valence-corrected chi connectivity index (χ4v) is 4.23. The predicted molar refractivity (Wildman–Crippen MR) is 126 cm³/mol. The van der Waals surface area contributed by atoms with E-state index in [1.807, 2.05) is 38.1 Å². The van der Waals surface area contributed by atoms with E-state index >= 15 is 0 Å². The van der Waals surface area contributed by atoms with Gasteiger partial charge in [0.15, 0.2) is 0 Å². The summed E-state index contributed by atoms with van der Waals surface area (Å²) < 4.78 is 33.6. The molecule has 0 amide bonds. The summed E-state index contributed by atoms with van der Waals surface area (Å²) in [6.07, 6.45) is 1.56. The molecule has 33 heavy (non-hydrogen) atoms. The highest BCUT2D eigenvalue weighted by Gasteiger charge is 2.20. The third-order valence-corrected chi connectivity index (χ3v) is 6.19. The molecule has 1 heterocycles. The van der Waals surface area contributed by atoms with E-state index in [0.717, 1.165) is 16.8 Å². The van der Waals surface area contributed by atoms with Crippen LogP contribution in [-0.2, 0) is 10.1 Å². The molecule has 4 rings (SSSR count). The van der Waals surface area contributed by atoms with Gasteiger partial charge in [0.25, 0.3) is 10.1 Å². The van der Waals surface area contributed by atoms with Gasteiger partial charge >= 0.3 is 0 Å². The SMILES string of the molecule is Cc1cccc(-c2ccc(/N=N/c3cc(S(=O)(=O)O)c4ccccc4c3N=NN)cn2)c1C. The maximum atomic E-state index is 12.0. The molecule has 0 fully saturated rings. The van der Waals surface area contributed by atoms with Crippen LogP contribution in [0.1, 0.15) is 11.1 Å². The summed E-state index contributed by atoms with van der Waals surface area (Å²) in [4.78, 5) is 4.16. The molecule has 0 radical (unpaired) electrons. The van der Waals surface area contributed by atoms with Gasteiger partial charge in [-0.15, -0.1) is 15.3 Å². The standard InChI is InChI=1S/C23H20N6O3S/c1-14-6-5-9-17(15(14)2)20-11-10-16(13-25-20)26-27-21-12-22(33(30,31)32)18-7-3-4-8-19(18)23(21)28-29-24/h3-13H,1-2H3,(H2,24,28)(H,30,31,32)/b27-26+. The molecule has 0 unspecified atom stereocenters. The number of hydrogen-bond acceptors (Lipinski definition) is 7. The van der Waals surface area contributed by atoms with Crippen molar-refractivity contribution in [3.05, 3.63) is 78.0 Å². The van der Waals surface area contributed by atoms with E-state index in [1.165, 1.54) is 11.6 Å². The van der Waals surface area contributed by atoms with Crippen molar-refractivity contribution in [3.8, 4) is 11.3 Å². The van der Waals surface area contributed by atoms with Crippen LogP contribution in [0.4, 0.5) is 17.1 Å². The monoisotopic (exact) mass is 460 g/mol. The minimum atomic E-state index is -4.53. The van der Waals surface area contributed by atoms with Crippen LogP contribution in [0, 0.1) is 13.8 Å². The number of nitrogens with two attached hydrogens (primary N) is 1. The lowest BCUT2D eigenvalue weighted by Crippen LogP contribution is -1.99. The van der Waals surface area contributed by atoms with Gasteiger partial charge in [-0.2, -0.15) is 8.42 Å². The summed E-state index contributed by atoms with van der Waals surface area (Å²) in [6, 6.07) is 17.3. The summed E-state index contributed by atoms with van der Waals surface area (Å²) in [7, 11) is -4.53. The molecule has 0 spiro atoms. The highest BCUT2D eigenvalue weighted by atomic mass is 32.2. The average molecular weight is 461 g/mol. The molecule has 4 aromatic rings. The number of rotatable bonds is 5. The first-order chi connectivity index (χ1) is 15.8. The number of aromatic nitrogens is 1. The van der Waals surface area contributed by atoms with Crippen molar-refractivity contribution in [2.24, 2.45) is 26.4 Å². The molecule has 0 bridgehead atoms. The van der Waals surface area contributed by atoms with E-state index in [2.05, 4.69) is 25.5 Å². The van der Waals surface area contributed by atoms with Crippen molar-refractivity contribution in [3.63, 3.8) is 0 Å². The number of nitrogens with zero attached hydrogens (tertiary/aromatic N) is 5. The quantitative estimate of drug-likeness (QED) is 0.159. The largest absolute Gasteiger partial charge is 0.305 e. The van der Waals surface area contributed by atoms with Gasteiger partial charge in [-0.1, -0.05) is 47.7 Å². The highest BCUT2D eigenvalue weighted by Crippen LogP contribution is 2.40. The van der Waals surface area contributed by atoms with Crippen molar-refractivity contribution in [2.75, 3.05) is 0 Å². The maximum Gasteiger partial charge on any atom is 0.295 e. The third kappa shape index (κ3) is 4.47. The van der Waals surface area contributed by atoms with Gasteiger partial charge in [0.2, 0.25) is 0 Å². The maximum absolute atomic E-state index is 12.0. The van der Waals surface area contributed by atoms with Gasteiger partial charge < -0.3 is 5.84 Å². The Labute approximate surface area is 190 Å². The smallest absolute Gasteiger partial charge is 0.295 e. The fourth-order valence-electron chi connectivity index (χ4n) is 3.51. The molecule has 0 aliphatic heterocycles. The Kier molecular flexibility index (Phi) is 5.95. The normalized spacial score (nSPS) is 12.2. The Hall–Kier alpha value is -4.02. The lowest BCUT2D eigenvalue weighted by molar-refractivity contribution is 0.484. The molecular weight excluding hydrogens is 440 g/mol. The number of azo groups is 1. The van der Waals surface area contributed by atoms with E-state index in [0.29, 0.717) is 11.1 Å². The lowest BCUT2D eigenvalue weighted by Gasteiger charge is -2.09. The van der Waals surface area contributed by atoms with Crippen molar-refractivity contribution < 1.29 is 13.0 Å². The molecule has 10 heteroatoms. The first-order valence-corrected chi connectivity index (χ1v) is 11.3. The van der Waals surface area contributed by atoms with Crippen molar-refractivity contribution >= 4 is 38.0 Å². The minimum Gasteiger partial charge on any atom is -0.305 e. The average Bonchev–Trinajstić information content (AvgIpc) is 2.80. The Morgan fingerprint density at radius 3 is 2.33 bits per heavy atom. The van der Waals surface area contributed by atoms with Crippen LogP contribution in [0.25, 0.3) is 22.0 Å². The van der Waals surface area contributed by atoms with Gasteiger partial charge in [0, 0.05) is 16.3 Å². The van der Waals surface area contributed by atoms with Crippen LogP contribution in [0.3, 0.4) is 0 Å². The lowest BCUT2D eigenvalue weighted by atomic mass is 10.0. The Morgan fingerprint density at radius 2 is 1.67 bits per heavy atom. The zero-order valence-corrected chi connectivity index (χ0v) is 18.7. The van der Waals surface area contributed by atoms with Crippen LogP contribution in [-0.4, -0.2) is 18.0 Å². The zero-order valence-electron chi connectivity index (χ0n) is 17.8. The molecule has 0 aliphatic rings. The molecule has 0 aliphatic carbocycles. The van der Waals surface area contributed by atoms with Crippen molar-refractivity contribution in [1.82, 2.24) is 4.98 Å². The van der Waals surface area contributed by atoms with Crippen LogP contribution in [0.15, 0.2) is 92.3 Å². The number of hydrogen-bond donors (Lipinski definition) is 2. The molecule has 0 atom stereocenters. The Bertz CT molecular complexity index is 1510. The zero-order chi connectivity index (χ0) is 23.6. The van der Waals surface area contributed by atoms with Crippen LogP contribution >= 0.6 is 0 Å². The van der Waals surface area contributed by atoms with Gasteiger partial charge in [-0.25, -0.2) is 0 Å². The van der Waals surface area contributed by atoms with Crippen LogP contribution in [0.2, 0.25) is 0 Å². The first-order valence-electron chi connectivity index (χ1n) is 9.88. The van der Waals surface area contributed by atoms with E-state index in [1.54, 1.807) is 36.5 Å². The molecule has 166 valence electrons. The number of fused-ring (bicyclic) bond motifs is 1. The number of benzene rings is 3. The molecule has 0 saturated heterocycles. The summed E-state index contributed by atoms with van der Waals surface area (Å²) in [5, 5.41) is 16.2. The molecule has 1 aromatic heterocycles. The highest BCUT2D eigenvalue weighted by molar-refractivity contribution is 7.86. The molecular formula is C23H20N6O3S. The topological polar surface area (TPSA) is 143 Å². The number of aryl methyl sites for hydroxylation is 1. The van der Waals surface area contributed by atoms with Gasteiger partial charge in [0.1, 0.15) is 22.0 Å². The van der Waals surface area contributed by atoms with E-state index in [4.69, 9.17) is 5.84 Å². The third-order valence-electron chi connectivity index (χ3n) is 5.30. The Balaban J connectivity index is 1.78. The van der Waals surface area contributed by atoms with E-state index in [9.17, 15) is 13.0 Å². The van der Waals surface area contributed by atoms with E-state index < -0.39 is 10.1 Å².